The quantitative estimate of drug-likeness (QED) is 0.488. The van der Waals surface area contributed by atoms with Crippen molar-refractivity contribution in [3.63, 3.8) is 0 Å². The second kappa shape index (κ2) is 6.33. The summed E-state index contributed by atoms with van der Waals surface area (Å²) in [5.41, 5.74) is 1.14. The van der Waals surface area contributed by atoms with Crippen molar-refractivity contribution in [3.8, 4) is 0 Å². The van der Waals surface area contributed by atoms with E-state index < -0.39 is 5.95 Å². The summed E-state index contributed by atoms with van der Waals surface area (Å²) < 4.78 is 17.7. The average molecular weight is 277 g/mol. The first-order valence-corrected chi connectivity index (χ1v) is 6.61. The van der Waals surface area contributed by atoms with Gasteiger partial charge in [0.15, 0.2) is 0 Å². The fraction of sp³-hybridized carbons (Fsp3) is 0.143. The maximum atomic E-state index is 13.0. The van der Waals surface area contributed by atoms with Crippen LogP contribution in [0.25, 0.3) is 0 Å². The van der Waals surface area contributed by atoms with Gasteiger partial charge in [0.05, 0.1) is 18.4 Å². The molecule has 98 valence electrons. The van der Waals surface area contributed by atoms with Gasteiger partial charge in [-0.05, 0) is 24.3 Å². The molecule has 1 aromatic carbocycles. The molecule has 3 nitrogen and oxygen atoms in total. The monoisotopic (exact) mass is 277 g/mol. The molecule has 0 fully saturated rings. The lowest BCUT2D eigenvalue weighted by molar-refractivity contribution is 0.0597. The van der Waals surface area contributed by atoms with E-state index in [1.54, 1.807) is 24.3 Å². The summed E-state index contributed by atoms with van der Waals surface area (Å²) >= 11 is 1.42. The number of esters is 1. The van der Waals surface area contributed by atoms with Crippen LogP contribution >= 0.6 is 11.8 Å². The van der Waals surface area contributed by atoms with Crippen LogP contribution in [0.1, 0.15) is 16.1 Å². The number of carbonyl (C=O) groups is 1. The Kier molecular flexibility index (Phi) is 4.52. The highest BCUT2D eigenvalue weighted by molar-refractivity contribution is 7.98. The summed E-state index contributed by atoms with van der Waals surface area (Å²) in [4.78, 5) is 16.2. The number of methoxy groups -OCH3 is 1. The van der Waals surface area contributed by atoms with Crippen molar-refractivity contribution in [1.29, 1.82) is 0 Å². The molecule has 0 aliphatic rings. The van der Waals surface area contributed by atoms with E-state index in [-0.39, 0.29) is 5.97 Å². The van der Waals surface area contributed by atoms with Crippen LogP contribution in [0.4, 0.5) is 4.39 Å². The number of aromatic nitrogens is 1. The van der Waals surface area contributed by atoms with Gasteiger partial charge in [0.1, 0.15) is 0 Å². The van der Waals surface area contributed by atoms with Gasteiger partial charge in [-0.2, -0.15) is 4.39 Å². The zero-order chi connectivity index (χ0) is 13.7. The highest BCUT2D eigenvalue weighted by Gasteiger charge is 2.11. The maximum absolute atomic E-state index is 13.0. The van der Waals surface area contributed by atoms with Crippen LogP contribution < -0.4 is 0 Å². The van der Waals surface area contributed by atoms with Crippen molar-refractivity contribution in [2.45, 2.75) is 10.6 Å². The van der Waals surface area contributed by atoms with E-state index in [0.717, 1.165) is 4.90 Å². The third kappa shape index (κ3) is 3.54. The van der Waals surface area contributed by atoms with Gasteiger partial charge in [0.25, 0.3) is 0 Å². The lowest BCUT2D eigenvalue weighted by atomic mass is 10.2. The lowest BCUT2D eigenvalue weighted by Gasteiger charge is -2.07. The molecule has 0 N–H and O–H groups in total. The number of ether oxygens (including phenoxy) is 1. The van der Waals surface area contributed by atoms with Gasteiger partial charge in [-0.1, -0.05) is 18.2 Å². The Morgan fingerprint density at radius 1 is 1.26 bits per heavy atom. The topological polar surface area (TPSA) is 39.2 Å². The normalized spacial score (nSPS) is 10.2. The average Bonchev–Trinajstić information content (AvgIpc) is 2.45. The Bertz CT molecular complexity index is 589. The van der Waals surface area contributed by atoms with E-state index in [1.165, 1.54) is 24.9 Å². The molecule has 2 aromatic rings. The first-order valence-electron chi connectivity index (χ1n) is 5.62. The molecule has 5 heteroatoms. The van der Waals surface area contributed by atoms with E-state index in [9.17, 15) is 9.18 Å². The molecule has 19 heavy (non-hydrogen) atoms. The second-order valence-corrected chi connectivity index (χ2v) is 4.75. The zero-order valence-electron chi connectivity index (χ0n) is 10.3. The summed E-state index contributed by atoms with van der Waals surface area (Å²) in [5, 5.41) is 0. The minimum atomic E-state index is -0.501. The molecule has 2 rings (SSSR count). The summed E-state index contributed by atoms with van der Waals surface area (Å²) in [5.74, 6) is -0.388. The Morgan fingerprint density at radius 3 is 2.79 bits per heavy atom. The fourth-order valence-corrected chi connectivity index (χ4v) is 2.50. The van der Waals surface area contributed by atoms with E-state index >= 15 is 0 Å². The fourth-order valence-electron chi connectivity index (χ4n) is 1.55. The molecule has 0 aliphatic carbocycles. The molecule has 0 atom stereocenters. The number of nitrogens with zero attached hydrogens (tertiary/aromatic N) is 1. The van der Waals surface area contributed by atoms with Gasteiger partial charge in [0.2, 0.25) is 5.95 Å². The molecule has 1 heterocycles. The number of hydrogen-bond acceptors (Lipinski definition) is 4. The van der Waals surface area contributed by atoms with Gasteiger partial charge < -0.3 is 4.74 Å². The van der Waals surface area contributed by atoms with Gasteiger partial charge in [-0.3, -0.25) is 0 Å². The Hall–Kier alpha value is -1.88. The zero-order valence-corrected chi connectivity index (χ0v) is 11.1. The van der Waals surface area contributed by atoms with Crippen molar-refractivity contribution >= 4 is 17.7 Å². The van der Waals surface area contributed by atoms with Crippen LogP contribution in [0.5, 0.6) is 0 Å². The molecule has 0 saturated heterocycles. The SMILES string of the molecule is COC(=O)c1ccccc1SCc1cccc(F)n1. The number of pyridine rings is 1. The number of benzene rings is 1. The largest absolute Gasteiger partial charge is 0.465 e. The molecule has 0 spiro atoms. The summed E-state index contributed by atoms with van der Waals surface area (Å²) in [6.07, 6.45) is 0. The van der Waals surface area contributed by atoms with Crippen LogP contribution in [0.15, 0.2) is 47.4 Å². The number of carbonyl (C=O) groups excluding carboxylic acids is 1. The first kappa shape index (κ1) is 13.5. The van der Waals surface area contributed by atoms with Gasteiger partial charge in [-0.15, -0.1) is 11.8 Å². The minimum absolute atomic E-state index is 0.379. The number of hydrogen-bond donors (Lipinski definition) is 0. The molecule has 0 saturated carbocycles. The van der Waals surface area contributed by atoms with E-state index in [1.807, 2.05) is 12.1 Å². The molecular formula is C14H12FNO2S. The van der Waals surface area contributed by atoms with Crippen molar-refractivity contribution in [2.24, 2.45) is 0 Å². The molecule has 0 bridgehead atoms. The summed E-state index contributed by atoms with van der Waals surface area (Å²) in [6, 6.07) is 11.8. The van der Waals surface area contributed by atoms with Gasteiger partial charge >= 0.3 is 5.97 Å². The molecule has 0 amide bonds. The number of halogens is 1. The summed E-state index contributed by atoms with van der Waals surface area (Å²) in [7, 11) is 1.35. The van der Waals surface area contributed by atoms with E-state index in [0.29, 0.717) is 17.0 Å². The smallest absolute Gasteiger partial charge is 0.338 e. The Balaban J connectivity index is 2.13. The third-order valence-corrected chi connectivity index (χ3v) is 3.55. The van der Waals surface area contributed by atoms with E-state index in [4.69, 9.17) is 4.74 Å². The van der Waals surface area contributed by atoms with Crippen LogP contribution in [-0.4, -0.2) is 18.1 Å². The van der Waals surface area contributed by atoms with Crippen molar-refractivity contribution in [1.82, 2.24) is 4.98 Å². The minimum Gasteiger partial charge on any atom is -0.465 e. The molecule has 0 unspecified atom stereocenters. The standard InChI is InChI=1S/C14H12FNO2S/c1-18-14(17)11-6-2-3-7-12(11)19-9-10-5-4-8-13(15)16-10/h2-8H,9H2,1H3. The highest BCUT2D eigenvalue weighted by Crippen LogP contribution is 2.26. The Morgan fingerprint density at radius 2 is 2.05 bits per heavy atom. The predicted molar refractivity (Wildman–Crippen MR) is 71.5 cm³/mol. The highest BCUT2D eigenvalue weighted by atomic mass is 32.2. The Labute approximate surface area is 114 Å². The van der Waals surface area contributed by atoms with Crippen LogP contribution in [0.3, 0.4) is 0 Å². The molecular weight excluding hydrogens is 265 g/mol. The first-order chi connectivity index (χ1) is 9.20. The van der Waals surface area contributed by atoms with Gasteiger partial charge in [-0.25, -0.2) is 9.78 Å². The maximum Gasteiger partial charge on any atom is 0.338 e. The van der Waals surface area contributed by atoms with Crippen LogP contribution in [0, 0.1) is 5.95 Å². The molecule has 0 aliphatic heterocycles. The second-order valence-electron chi connectivity index (χ2n) is 3.73. The van der Waals surface area contributed by atoms with E-state index in [2.05, 4.69) is 4.98 Å². The predicted octanol–water partition coefficient (Wildman–Crippen LogP) is 3.30. The van der Waals surface area contributed by atoms with Crippen molar-refractivity contribution in [2.75, 3.05) is 7.11 Å². The number of thioether (sulfide) groups is 1. The van der Waals surface area contributed by atoms with Crippen LogP contribution in [-0.2, 0) is 10.5 Å². The molecule has 0 radical (unpaired) electrons. The van der Waals surface area contributed by atoms with Gasteiger partial charge in [0, 0.05) is 10.6 Å². The molecule has 1 aromatic heterocycles. The lowest BCUT2D eigenvalue weighted by Crippen LogP contribution is -2.02. The number of rotatable bonds is 4. The van der Waals surface area contributed by atoms with Crippen molar-refractivity contribution < 1.29 is 13.9 Å². The van der Waals surface area contributed by atoms with Crippen molar-refractivity contribution in [3.05, 3.63) is 59.7 Å². The summed E-state index contributed by atoms with van der Waals surface area (Å²) in [6.45, 7) is 0. The van der Waals surface area contributed by atoms with Crippen LogP contribution in [0.2, 0.25) is 0 Å². The third-order valence-electron chi connectivity index (χ3n) is 2.44.